The summed E-state index contributed by atoms with van der Waals surface area (Å²) in [7, 11) is -4.55. The van der Waals surface area contributed by atoms with Gasteiger partial charge in [-0.3, -0.25) is 9.59 Å². The van der Waals surface area contributed by atoms with E-state index in [2.05, 4.69) is 168 Å². The predicted octanol–water partition coefficient (Wildman–Crippen LogP) is 9.25. The number of hydrogen-bond acceptors (Lipinski definition) is 2. The Labute approximate surface area is 342 Å². The van der Waals surface area contributed by atoms with Crippen LogP contribution in [0.5, 0.6) is 0 Å². The van der Waals surface area contributed by atoms with Crippen molar-refractivity contribution in [2.75, 3.05) is 10.6 Å². The lowest BCUT2D eigenvalue weighted by atomic mass is 10.2. The maximum Gasteiger partial charge on any atom is 0.314 e. The van der Waals surface area contributed by atoms with Crippen molar-refractivity contribution < 1.29 is 9.59 Å². The van der Waals surface area contributed by atoms with Crippen LogP contribution in [0.15, 0.2) is 231 Å². The third-order valence-corrected chi connectivity index (χ3v) is 19.4. The Balaban J connectivity index is 1.12. The van der Waals surface area contributed by atoms with Gasteiger partial charge in [0.2, 0.25) is 0 Å². The fourth-order valence-electron chi connectivity index (χ4n) is 7.97. The minimum atomic E-state index is -2.28. The molecule has 2 amide bonds. The van der Waals surface area contributed by atoms with Gasteiger partial charge in [0.15, 0.2) is 0 Å². The standard InChI is InChI=1S/C52H42N2O2P2/c55-51(53-49-37-21-19-23-41(49)39-57(43-25-7-1-8-26-43,44-27-9-2-10-28-44)45-29-11-3-12-30-45)52(56)54-50-38-22-20-24-42(50)40-58(46-31-13-4-14-32-46,47-33-15-5-16-34-47)48-35-17-6-18-36-48/h1-38H,39-40H2/p+2. The van der Waals surface area contributed by atoms with Gasteiger partial charge in [0, 0.05) is 22.5 Å². The van der Waals surface area contributed by atoms with Gasteiger partial charge < -0.3 is 10.6 Å². The Hall–Kier alpha value is -6.44. The van der Waals surface area contributed by atoms with E-state index in [1.165, 1.54) is 31.8 Å². The summed E-state index contributed by atoms with van der Waals surface area (Å²) >= 11 is 0. The van der Waals surface area contributed by atoms with Gasteiger partial charge in [-0.2, -0.15) is 0 Å². The van der Waals surface area contributed by atoms with Crippen LogP contribution in [-0.2, 0) is 21.9 Å². The number of nitrogens with one attached hydrogen (secondary N) is 2. The van der Waals surface area contributed by atoms with E-state index in [1.54, 1.807) is 0 Å². The number of anilines is 2. The molecule has 282 valence electrons. The Kier molecular flexibility index (Phi) is 11.8. The SMILES string of the molecule is O=C(Nc1ccccc1C[P+](c1ccccc1)(c1ccccc1)c1ccccc1)C(=O)Nc1ccccc1C[P+](c1ccccc1)(c1ccccc1)c1ccccc1. The predicted molar refractivity (Wildman–Crippen MR) is 248 cm³/mol. The van der Waals surface area contributed by atoms with Crippen LogP contribution in [-0.4, -0.2) is 11.8 Å². The van der Waals surface area contributed by atoms with Crippen LogP contribution in [0.2, 0.25) is 0 Å². The summed E-state index contributed by atoms with van der Waals surface area (Å²) in [5.74, 6) is -1.44. The minimum absolute atomic E-state index is 0.616. The molecule has 0 atom stereocenters. The molecule has 0 aliphatic rings. The topological polar surface area (TPSA) is 58.2 Å². The summed E-state index contributed by atoms with van der Waals surface area (Å²) in [6.45, 7) is 0. The van der Waals surface area contributed by atoms with E-state index in [1.807, 2.05) is 72.8 Å². The molecule has 0 radical (unpaired) electrons. The van der Waals surface area contributed by atoms with Crippen molar-refractivity contribution in [2.45, 2.75) is 12.3 Å². The number of para-hydroxylation sites is 2. The van der Waals surface area contributed by atoms with E-state index in [-0.39, 0.29) is 0 Å². The van der Waals surface area contributed by atoms with E-state index in [4.69, 9.17) is 0 Å². The van der Waals surface area contributed by atoms with E-state index in [0.717, 1.165) is 11.1 Å². The van der Waals surface area contributed by atoms with Crippen LogP contribution in [0.1, 0.15) is 11.1 Å². The number of carbonyl (C=O) groups is 2. The van der Waals surface area contributed by atoms with Crippen molar-refractivity contribution in [3.05, 3.63) is 242 Å². The molecule has 0 bridgehead atoms. The molecule has 0 aromatic heterocycles. The lowest BCUT2D eigenvalue weighted by Gasteiger charge is -2.28. The summed E-state index contributed by atoms with van der Waals surface area (Å²) in [6.07, 6.45) is 1.30. The zero-order valence-corrected chi connectivity index (χ0v) is 33.9. The second-order valence-electron chi connectivity index (χ2n) is 14.2. The highest BCUT2D eigenvalue weighted by molar-refractivity contribution is 7.95. The second kappa shape index (κ2) is 17.8. The molecular weight excluding hydrogens is 747 g/mol. The first-order valence-corrected chi connectivity index (χ1v) is 23.4. The smallest absolute Gasteiger partial charge is 0.314 e. The zero-order chi connectivity index (χ0) is 39.6. The highest BCUT2D eigenvalue weighted by Crippen LogP contribution is 2.60. The molecule has 0 saturated heterocycles. The zero-order valence-electron chi connectivity index (χ0n) is 32.1. The number of carbonyl (C=O) groups excluding carboxylic acids is 2. The number of hydrogen-bond donors (Lipinski definition) is 2. The van der Waals surface area contributed by atoms with Crippen LogP contribution in [0, 0.1) is 0 Å². The maximum atomic E-state index is 14.0. The van der Waals surface area contributed by atoms with Gasteiger partial charge in [0.1, 0.15) is 58.7 Å². The summed E-state index contributed by atoms with van der Waals surface area (Å²) in [4.78, 5) is 28.0. The van der Waals surface area contributed by atoms with E-state index >= 15 is 0 Å². The van der Waals surface area contributed by atoms with Crippen LogP contribution in [0.3, 0.4) is 0 Å². The average Bonchev–Trinajstić information content (AvgIpc) is 3.30. The fraction of sp³-hybridized carbons (Fsp3) is 0.0385. The van der Waals surface area contributed by atoms with Gasteiger partial charge >= 0.3 is 11.8 Å². The molecule has 8 rings (SSSR count). The maximum absolute atomic E-state index is 14.0. The highest BCUT2D eigenvalue weighted by atomic mass is 31.2. The molecule has 0 aliphatic carbocycles. The Morgan fingerprint density at radius 1 is 0.293 bits per heavy atom. The quantitative estimate of drug-likeness (QED) is 0.0959. The number of rotatable bonds is 12. The molecule has 8 aromatic rings. The second-order valence-corrected chi connectivity index (χ2v) is 21.1. The fourth-order valence-corrected chi connectivity index (χ4v) is 16.5. The van der Waals surface area contributed by atoms with Gasteiger partial charge in [-0.05, 0) is 84.9 Å². The van der Waals surface area contributed by atoms with Crippen molar-refractivity contribution in [3.63, 3.8) is 0 Å². The highest BCUT2D eigenvalue weighted by Gasteiger charge is 2.47. The molecule has 4 nitrogen and oxygen atoms in total. The minimum Gasteiger partial charge on any atom is -0.317 e. The van der Waals surface area contributed by atoms with Crippen molar-refractivity contribution in [2.24, 2.45) is 0 Å². The van der Waals surface area contributed by atoms with Gasteiger partial charge in [-0.25, -0.2) is 0 Å². The van der Waals surface area contributed by atoms with E-state index in [9.17, 15) is 9.59 Å². The van der Waals surface area contributed by atoms with Crippen molar-refractivity contribution in [3.8, 4) is 0 Å². The first-order chi connectivity index (χ1) is 28.6. The first kappa shape index (κ1) is 38.4. The molecule has 0 fully saturated rings. The lowest BCUT2D eigenvalue weighted by Crippen LogP contribution is -2.34. The molecule has 0 unspecified atom stereocenters. The number of amides is 2. The molecule has 0 saturated carbocycles. The van der Waals surface area contributed by atoms with Crippen LogP contribution in [0.4, 0.5) is 11.4 Å². The van der Waals surface area contributed by atoms with Crippen LogP contribution in [0.25, 0.3) is 0 Å². The van der Waals surface area contributed by atoms with Crippen LogP contribution >= 0.6 is 14.5 Å². The summed E-state index contributed by atoms with van der Waals surface area (Å²) in [6, 6.07) is 79.7. The van der Waals surface area contributed by atoms with E-state index in [0.29, 0.717) is 23.7 Å². The lowest BCUT2D eigenvalue weighted by molar-refractivity contribution is -0.133. The molecule has 2 N–H and O–H groups in total. The Morgan fingerprint density at radius 2 is 0.500 bits per heavy atom. The molecule has 0 aliphatic heterocycles. The Bertz CT molecular complexity index is 2210. The number of benzene rings is 8. The van der Waals surface area contributed by atoms with Crippen molar-refractivity contribution in [1.29, 1.82) is 0 Å². The van der Waals surface area contributed by atoms with Gasteiger partial charge in [0.25, 0.3) is 0 Å². The third kappa shape index (κ3) is 7.91. The summed E-state index contributed by atoms with van der Waals surface area (Å²) in [5.41, 5.74) is 3.14. The van der Waals surface area contributed by atoms with Gasteiger partial charge in [0.05, 0.1) is 0 Å². The van der Waals surface area contributed by atoms with Gasteiger partial charge in [-0.1, -0.05) is 146 Å². The van der Waals surface area contributed by atoms with Gasteiger partial charge in [-0.15, -0.1) is 0 Å². The summed E-state index contributed by atoms with van der Waals surface area (Å²) in [5, 5.41) is 13.5. The summed E-state index contributed by atoms with van der Waals surface area (Å²) < 4.78 is 0. The Morgan fingerprint density at radius 3 is 0.741 bits per heavy atom. The average molecular weight is 791 g/mol. The van der Waals surface area contributed by atoms with E-state index < -0.39 is 26.3 Å². The monoisotopic (exact) mass is 790 g/mol. The van der Waals surface area contributed by atoms with Crippen molar-refractivity contribution >= 4 is 69.5 Å². The molecule has 0 spiro atoms. The molecular formula is C52H44N2O2P2+2. The molecule has 6 heteroatoms. The van der Waals surface area contributed by atoms with Crippen molar-refractivity contribution in [1.82, 2.24) is 0 Å². The largest absolute Gasteiger partial charge is 0.317 e. The molecule has 8 aromatic carbocycles. The molecule has 0 heterocycles. The normalized spacial score (nSPS) is 11.4. The molecule has 58 heavy (non-hydrogen) atoms. The third-order valence-electron chi connectivity index (χ3n) is 10.7. The van der Waals surface area contributed by atoms with Crippen LogP contribution < -0.4 is 42.5 Å². The first-order valence-electron chi connectivity index (χ1n) is 19.5.